The zero-order valence-corrected chi connectivity index (χ0v) is 10.3. The van der Waals surface area contributed by atoms with Gasteiger partial charge in [-0.15, -0.1) is 0 Å². The molecular formula is C12H18N2O4. The van der Waals surface area contributed by atoms with Gasteiger partial charge in [-0.25, -0.2) is 4.79 Å². The smallest absolute Gasteiger partial charge is 0.404 e. The first kappa shape index (κ1) is 14.1. The number of rotatable bonds is 7. The molecule has 6 nitrogen and oxygen atoms in total. The quantitative estimate of drug-likeness (QED) is 0.630. The van der Waals surface area contributed by atoms with Gasteiger partial charge in [0.2, 0.25) is 0 Å². The zero-order chi connectivity index (χ0) is 13.4. The van der Waals surface area contributed by atoms with Gasteiger partial charge in [0.05, 0.1) is 6.61 Å². The van der Waals surface area contributed by atoms with Crippen molar-refractivity contribution in [1.82, 2.24) is 5.32 Å². The van der Waals surface area contributed by atoms with Gasteiger partial charge in [-0.3, -0.25) is 0 Å². The molecule has 0 fully saturated rings. The second kappa shape index (κ2) is 7.39. The van der Waals surface area contributed by atoms with Crippen LogP contribution in [0.2, 0.25) is 0 Å². The summed E-state index contributed by atoms with van der Waals surface area (Å²) in [5.74, 6) is 0.591. The van der Waals surface area contributed by atoms with Gasteiger partial charge in [-0.05, 0) is 13.0 Å². The number of primary amides is 1. The summed E-state index contributed by atoms with van der Waals surface area (Å²) in [6.45, 7) is 3.46. The Bertz CT molecular complexity index is 396. The fraction of sp³-hybridized carbons (Fsp3) is 0.417. The molecule has 0 aromatic heterocycles. The maximum Gasteiger partial charge on any atom is 0.404 e. The van der Waals surface area contributed by atoms with Crippen LogP contribution in [-0.2, 0) is 11.3 Å². The minimum atomic E-state index is -0.794. The number of nitrogens with two attached hydrogens (primary N) is 1. The molecular weight excluding hydrogens is 236 g/mol. The molecule has 1 aromatic carbocycles. The average molecular weight is 254 g/mol. The molecule has 1 rings (SSSR count). The van der Waals surface area contributed by atoms with E-state index in [4.69, 9.17) is 10.5 Å². The largest absolute Gasteiger partial charge is 0.504 e. The fourth-order valence-electron chi connectivity index (χ4n) is 1.43. The number of phenols is 1. The van der Waals surface area contributed by atoms with Crippen LogP contribution >= 0.6 is 0 Å². The molecule has 0 atom stereocenters. The van der Waals surface area contributed by atoms with E-state index in [1.807, 2.05) is 13.0 Å². The van der Waals surface area contributed by atoms with Gasteiger partial charge in [0.25, 0.3) is 0 Å². The van der Waals surface area contributed by atoms with Gasteiger partial charge < -0.3 is 25.6 Å². The van der Waals surface area contributed by atoms with Crippen LogP contribution in [0.15, 0.2) is 18.2 Å². The molecule has 0 aliphatic heterocycles. The van der Waals surface area contributed by atoms with Crippen molar-refractivity contribution in [3.63, 3.8) is 0 Å². The van der Waals surface area contributed by atoms with Crippen molar-refractivity contribution in [2.75, 3.05) is 19.8 Å². The molecule has 100 valence electrons. The Balaban J connectivity index is 2.42. The Morgan fingerprint density at radius 2 is 2.28 bits per heavy atom. The van der Waals surface area contributed by atoms with Crippen molar-refractivity contribution in [1.29, 1.82) is 0 Å². The van der Waals surface area contributed by atoms with Crippen molar-refractivity contribution in [2.45, 2.75) is 13.5 Å². The van der Waals surface area contributed by atoms with Crippen molar-refractivity contribution >= 4 is 6.09 Å². The van der Waals surface area contributed by atoms with E-state index < -0.39 is 6.09 Å². The van der Waals surface area contributed by atoms with Crippen molar-refractivity contribution in [2.24, 2.45) is 5.73 Å². The number of ether oxygens (including phenoxy) is 2. The molecule has 1 amide bonds. The highest BCUT2D eigenvalue weighted by Gasteiger charge is 2.07. The molecule has 0 aliphatic carbocycles. The van der Waals surface area contributed by atoms with Gasteiger partial charge in [0.1, 0.15) is 6.61 Å². The summed E-state index contributed by atoms with van der Waals surface area (Å²) in [4.78, 5) is 10.3. The Labute approximate surface area is 106 Å². The SMILES string of the molecule is CCOc1cccc(CNCCOC(N)=O)c1O. The van der Waals surface area contributed by atoms with E-state index in [2.05, 4.69) is 10.1 Å². The second-order valence-corrected chi connectivity index (χ2v) is 3.54. The van der Waals surface area contributed by atoms with Crippen molar-refractivity contribution in [3.8, 4) is 11.5 Å². The number of benzene rings is 1. The monoisotopic (exact) mass is 254 g/mol. The third-order valence-corrected chi connectivity index (χ3v) is 2.22. The number of carbonyl (C=O) groups excluding carboxylic acids is 1. The highest BCUT2D eigenvalue weighted by atomic mass is 16.5. The normalized spacial score (nSPS) is 10.1. The van der Waals surface area contributed by atoms with E-state index in [1.54, 1.807) is 12.1 Å². The first-order valence-electron chi connectivity index (χ1n) is 5.71. The Morgan fingerprint density at radius 3 is 2.94 bits per heavy atom. The summed E-state index contributed by atoms with van der Waals surface area (Å²) in [6.07, 6.45) is -0.794. The van der Waals surface area contributed by atoms with Gasteiger partial charge in [-0.2, -0.15) is 0 Å². The maximum absolute atomic E-state index is 10.3. The topological polar surface area (TPSA) is 93.8 Å². The molecule has 0 aliphatic rings. The lowest BCUT2D eigenvalue weighted by atomic mass is 10.2. The van der Waals surface area contributed by atoms with E-state index in [1.165, 1.54) is 0 Å². The van der Waals surface area contributed by atoms with Crippen LogP contribution in [0.4, 0.5) is 4.79 Å². The molecule has 0 heterocycles. The first-order valence-corrected chi connectivity index (χ1v) is 5.71. The number of amides is 1. The predicted octanol–water partition coefficient (Wildman–Crippen LogP) is 0.976. The minimum absolute atomic E-state index is 0.127. The summed E-state index contributed by atoms with van der Waals surface area (Å²) in [5, 5.41) is 12.9. The molecule has 0 saturated heterocycles. The molecule has 4 N–H and O–H groups in total. The zero-order valence-electron chi connectivity index (χ0n) is 10.3. The summed E-state index contributed by atoms with van der Waals surface area (Å²) < 4.78 is 9.83. The molecule has 0 bridgehead atoms. The second-order valence-electron chi connectivity index (χ2n) is 3.54. The number of hydrogen-bond donors (Lipinski definition) is 3. The number of para-hydroxylation sites is 1. The van der Waals surface area contributed by atoms with Crippen LogP contribution in [0.1, 0.15) is 12.5 Å². The highest BCUT2D eigenvalue weighted by molar-refractivity contribution is 5.64. The summed E-state index contributed by atoms with van der Waals surface area (Å²) >= 11 is 0. The fourth-order valence-corrected chi connectivity index (χ4v) is 1.43. The number of carbonyl (C=O) groups is 1. The molecule has 0 radical (unpaired) electrons. The summed E-state index contributed by atoms with van der Waals surface area (Å²) in [5.41, 5.74) is 5.54. The molecule has 18 heavy (non-hydrogen) atoms. The predicted molar refractivity (Wildman–Crippen MR) is 66.5 cm³/mol. The minimum Gasteiger partial charge on any atom is -0.504 e. The lowest BCUT2D eigenvalue weighted by molar-refractivity contribution is 0.157. The average Bonchev–Trinajstić information content (AvgIpc) is 2.33. The highest BCUT2D eigenvalue weighted by Crippen LogP contribution is 2.29. The van der Waals surface area contributed by atoms with Crippen LogP contribution in [0.5, 0.6) is 11.5 Å². The molecule has 1 aromatic rings. The lowest BCUT2D eigenvalue weighted by Gasteiger charge is -2.10. The van der Waals surface area contributed by atoms with Gasteiger partial charge in [0.15, 0.2) is 11.5 Å². The van der Waals surface area contributed by atoms with E-state index in [9.17, 15) is 9.90 Å². The molecule has 0 unspecified atom stereocenters. The standard InChI is InChI=1S/C12H18N2O4/c1-2-17-10-5-3-4-9(11(10)15)8-14-6-7-18-12(13)16/h3-5,14-15H,2,6-8H2,1H3,(H2,13,16). The van der Waals surface area contributed by atoms with Crippen LogP contribution in [-0.4, -0.2) is 31.0 Å². The molecule has 6 heteroatoms. The number of aromatic hydroxyl groups is 1. The van der Waals surface area contributed by atoms with E-state index in [0.29, 0.717) is 25.4 Å². The number of phenolic OH excluding ortho intramolecular Hbond substituents is 1. The maximum atomic E-state index is 10.3. The first-order chi connectivity index (χ1) is 8.65. The third-order valence-electron chi connectivity index (χ3n) is 2.22. The number of hydrogen-bond acceptors (Lipinski definition) is 5. The van der Waals surface area contributed by atoms with E-state index in [-0.39, 0.29) is 12.4 Å². The van der Waals surface area contributed by atoms with E-state index in [0.717, 1.165) is 5.56 Å². The van der Waals surface area contributed by atoms with Crippen LogP contribution in [0.3, 0.4) is 0 Å². The van der Waals surface area contributed by atoms with Gasteiger partial charge in [0, 0.05) is 18.7 Å². The van der Waals surface area contributed by atoms with Gasteiger partial charge in [-0.1, -0.05) is 12.1 Å². The van der Waals surface area contributed by atoms with Crippen molar-refractivity contribution < 1.29 is 19.4 Å². The van der Waals surface area contributed by atoms with Crippen LogP contribution in [0, 0.1) is 0 Å². The number of nitrogens with one attached hydrogen (secondary N) is 1. The van der Waals surface area contributed by atoms with Crippen molar-refractivity contribution in [3.05, 3.63) is 23.8 Å². The van der Waals surface area contributed by atoms with Crippen LogP contribution < -0.4 is 15.8 Å². The Kier molecular flexibility index (Phi) is 5.79. The summed E-state index contributed by atoms with van der Waals surface area (Å²) in [6, 6.07) is 5.31. The third kappa shape index (κ3) is 4.50. The van der Waals surface area contributed by atoms with Gasteiger partial charge >= 0.3 is 6.09 Å². The summed E-state index contributed by atoms with van der Waals surface area (Å²) in [7, 11) is 0. The molecule has 0 saturated carbocycles. The Morgan fingerprint density at radius 1 is 1.50 bits per heavy atom. The van der Waals surface area contributed by atoms with Crippen LogP contribution in [0.25, 0.3) is 0 Å². The van der Waals surface area contributed by atoms with E-state index >= 15 is 0 Å². The molecule has 0 spiro atoms. The Hall–Kier alpha value is -1.95. The lowest BCUT2D eigenvalue weighted by Crippen LogP contribution is -2.23.